The first-order valence-corrected chi connectivity index (χ1v) is 7.48. The molecule has 0 aromatic heterocycles. The molecule has 0 saturated heterocycles. The number of hydrogen-bond acceptors (Lipinski definition) is 2. The predicted molar refractivity (Wildman–Crippen MR) is 90.0 cm³/mol. The standard InChI is InChI=1S/C16H15IN2O2/c1-10-2-7-13(14(17)8-10)16(21)19-9-11-3-5-12(6-4-11)15(18)20/h2-8H,9H2,1H3,(H2,18,20)(H,19,21). The summed E-state index contributed by atoms with van der Waals surface area (Å²) < 4.78 is 0.925. The van der Waals surface area contributed by atoms with Crippen molar-refractivity contribution in [3.63, 3.8) is 0 Å². The van der Waals surface area contributed by atoms with Crippen molar-refractivity contribution < 1.29 is 9.59 Å². The molecule has 0 aliphatic rings. The van der Waals surface area contributed by atoms with Crippen LogP contribution in [0.3, 0.4) is 0 Å². The molecule has 0 fully saturated rings. The Balaban J connectivity index is 2.02. The van der Waals surface area contributed by atoms with Crippen LogP contribution in [0, 0.1) is 10.5 Å². The number of nitrogens with two attached hydrogens (primary N) is 1. The van der Waals surface area contributed by atoms with Crippen LogP contribution in [0.1, 0.15) is 31.8 Å². The summed E-state index contributed by atoms with van der Waals surface area (Å²) in [6.45, 7) is 2.39. The number of hydrogen-bond donors (Lipinski definition) is 2. The fourth-order valence-electron chi connectivity index (χ4n) is 1.87. The highest BCUT2D eigenvalue weighted by Crippen LogP contribution is 2.14. The van der Waals surface area contributed by atoms with Gasteiger partial charge in [0.2, 0.25) is 5.91 Å². The molecule has 0 radical (unpaired) electrons. The number of benzene rings is 2. The van der Waals surface area contributed by atoms with Crippen molar-refractivity contribution in [2.45, 2.75) is 13.5 Å². The highest BCUT2D eigenvalue weighted by Gasteiger charge is 2.09. The van der Waals surface area contributed by atoms with Gasteiger partial charge in [-0.3, -0.25) is 9.59 Å². The van der Waals surface area contributed by atoms with Crippen LogP contribution < -0.4 is 11.1 Å². The molecule has 108 valence electrons. The summed E-state index contributed by atoms with van der Waals surface area (Å²) in [7, 11) is 0. The van der Waals surface area contributed by atoms with E-state index >= 15 is 0 Å². The Morgan fingerprint density at radius 1 is 1.14 bits per heavy atom. The van der Waals surface area contributed by atoms with Crippen LogP contribution in [0.4, 0.5) is 0 Å². The van der Waals surface area contributed by atoms with Crippen LogP contribution >= 0.6 is 22.6 Å². The number of carbonyl (C=O) groups excluding carboxylic acids is 2. The summed E-state index contributed by atoms with van der Waals surface area (Å²) >= 11 is 2.15. The van der Waals surface area contributed by atoms with Crippen LogP contribution in [0.25, 0.3) is 0 Å². The molecule has 2 rings (SSSR count). The van der Waals surface area contributed by atoms with Crippen molar-refractivity contribution >= 4 is 34.4 Å². The normalized spacial score (nSPS) is 10.2. The molecule has 3 N–H and O–H groups in total. The first-order chi connectivity index (χ1) is 9.97. The molecule has 0 spiro atoms. The van der Waals surface area contributed by atoms with Crippen LogP contribution in [0.2, 0.25) is 0 Å². The van der Waals surface area contributed by atoms with Gasteiger partial charge in [-0.2, -0.15) is 0 Å². The Kier molecular flexibility index (Phi) is 4.95. The van der Waals surface area contributed by atoms with E-state index in [1.807, 2.05) is 25.1 Å². The summed E-state index contributed by atoms with van der Waals surface area (Å²) in [6, 6.07) is 12.6. The smallest absolute Gasteiger partial charge is 0.252 e. The van der Waals surface area contributed by atoms with Crippen molar-refractivity contribution in [2.75, 3.05) is 0 Å². The first kappa shape index (κ1) is 15.5. The highest BCUT2D eigenvalue weighted by molar-refractivity contribution is 14.1. The van der Waals surface area contributed by atoms with Gasteiger partial charge in [0.1, 0.15) is 0 Å². The van der Waals surface area contributed by atoms with Gasteiger partial charge in [-0.05, 0) is 59.3 Å². The zero-order chi connectivity index (χ0) is 15.4. The van der Waals surface area contributed by atoms with E-state index in [0.29, 0.717) is 17.7 Å². The van der Waals surface area contributed by atoms with E-state index in [2.05, 4.69) is 27.9 Å². The van der Waals surface area contributed by atoms with E-state index in [4.69, 9.17) is 5.73 Å². The van der Waals surface area contributed by atoms with Crippen molar-refractivity contribution in [1.82, 2.24) is 5.32 Å². The maximum atomic E-state index is 12.1. The second-order valence-electron chi connectivity index (χ2n) is 4.73. The van der Waals surface area contributed by atoms with E-state index in [1.54, 1.807) is 24.3 Å². The van der Waals surface area contributed by atoms with Crippen LogP contribution in [0.5, 0.6) is 0 Å². The minimum absolute atomic E-state index is 0.113. The van der Waals surface area contributed by atoms with E-state index in [9.17, 15) is 9.59 Å². The van der Waals surface area contributed by atoms with E-state index in [-0.39, 0.29) is 5.91 Å². The molecule has 0 aliphatic heterocycles. The predicted octanol–water partition coefficient (Wildman–Crippen LogP) is 2.63. The first-order valence-electron chi connectivity index (χ1n) is 6.40. The van der Waals surface area contributed by atoms with Gasteiger partial charge in [0, 0.05) is 15.7 Å². The molecule has 2 aromatic carbocycles. The summed E-state index contributed by atoms with van der Waals surface area (Å²) in [5.74, 6) is -0.571. The summed E-state index contributed by atoms with van der Waals surface area (Å²) in [5, 5.41) is 2.86. The molecular weight excluding hydrogens is 379 g/mol. The van der Waals surface area contributed by atoms with Gasteiger partial charge in [-0.15, -0.1) is 0 Å². The zero-order valence-electron chi connectivity index (χ0n) is 11.5. The van der Waals surface area contributed by atoms with Gasteiger partial charge >= 0.3 is 0 Å². The lowest BCUT2D eigenvalue weighted by Gasteiger charge is -2.08. The lowest BCUT2D eigenvalue weighted by Crippen LogP contribution is -2.23. The van der Waals surface area contributed by atoms with Gasteiger partial charge in [-0.25, -0.2) is 0 Å². The fraction of sp³-hybridized carbons (Fsp3) is 0.125. The molecule has 2 amide bonds. The lowest BCUT2D eigenvalue weighted by molar-refractivity contribution is 0.0948. The topological polar surface area (TPSA) is 72.2 Å². The third kappa shape index (κ3) is 4.04. The number of carbonyl (C=O) groups is 2. The number of rotatable bonds is 4. The van der Waals surface area contributed by atoms with Gasteiger partial charge < -0.3 is 11.1 Å². The van der Waals surface area contributed by atoms with E-state index in [0.717, 1.165) is 14.7 Å². The maximum absolute atomic E-state index is 12.1. The molecule has 0 unspecified atom stereocenters. The Labute approximate surface area is 136 Å². The Hall–Kier alpha value is -1.89. The van der Waals surface area contributed by atoms with Crippen molar-refractivity contribution in [2.24, 2.45) is 5.73 Å². The van der Waals surface area contributed by atoms with Crippen molar-refractivity contribution in [3.8, 4) is 0 Å². The molecule has 5 heteroatoms. The average molecular weight is 394 g/mol. The largest absolute Gasteiger partial charge is 0.366 e. The van der Waals surface area contributed by atoms with Crippen LogP contribution in [-0.2, 0) is 6.54 Å². The Morgan fingerprint density at radius 3 is 2.38 bits per heavy atom. The van der Waals surface area contributed by atoms with Crippen molar-refractivity contribution in [3.05, 3.63) is 68.3 Å². The number of nitrogens with one attached hydrogen (secondary N) is 1. The van der Waals surface area contributed by atoms with E-state index < -0.39 is 5.91 Å². The zero-order valence-corrected chi connectivity index (χ0v) is 13.7. The molecule has 0 bridgehead atoms. The second kappa shape index (κ2) is 6.71. The van der Waals surface area contributed by atoms with Gasteiger partial charge in [0.25, 0.3) is 5.91 Å². The lowest BCUT2D eigenvalue weighted by atomic mass is 10.1. The van der Waals surface area contributed by atoms with Gasteiger partial charge in [-0.1, -0.05) is 23.8 Å². The Bertz CT molecular complexity index is 681. The fourth-order valence-corrected chi connectivity index (χ4v) is 2.78. The monoisotopic (exact) mass is 394 g/mol. The Morgan fingerprint density at radius 2 is 1.81 bits per heavy atom. The number of amides is 2. The minimum atomic E-state index is -0.459. The molecule has 0 heterocycles. The average Bonchev–Trinajstić information content (AvgIpc) is 2.45. The number of halogens is 1. The molecule has 0 saturated carbocycles. The number of primary amides is 1. The molecule has 2 aromatic rings. The summed E-state index contributed by atoms with van der Waals surface area (Å²) in [6.07, 6.45) is 0. The second-order valence-corrected chi connectivity index (χ2v) is 5.89. The summed E-state index contributed by atoms with van der Waals surface area (Å²) in [4.78, 5) is 23.1. The third-order valence-electron chi connectivity index (χ3n) is 3.06. The number of aryl methyl sites for hydroxylation is 1. The van der Waals surface area contributed by atoms with Gasteiger partial charge in [0.05, 0.1) is 5.56 Å². The third-order valence-corrected chi connectivity index (χ3v) is 3.95. The molecular formula is C16H15IN2O2. The maximum Gasteiger partial charge on any atom is 0.252 e. The summed E-state index contributed by atoms with van der Waals surface area (Å²) in [5.41, 5.74) is 8.34. The minimum Gasteiger partial charge on any atom is -0.366 e. The quantitative estimate of drug-likeness (QED) is 0.783. The highest BCUT2D eigenvalue weighted by atomic mass is 127. The van der Waals surface area contributed by atoms with Gasteiger partial charge in [0.15, 0.2) is 0 Å². The van der Waals surface area contributed by atoms with Crippen molar-refractivity contribution in [1.29, 1.82) is 0 Å². The SMILES string of the molecule is Cc1ccc(C(=O)NCc2ccc(C(N)=O)cc2)c(I)c1. The molecule has 4 nitrogen and oxygen atoms in total. The van der Waals surface area contributed by atoms with Crippen LogP contribution in [-0.4, -0.2) is 11.8 Å². The van der Waals surface area contributed by atoms with Crippen LogP contribution in [0.15, 0.2) is 42.5 Å². The molecule has 0 aliphatic carbocycles. The van der Waals surface area contributed by atoms with E-state index in [1.165, 1.54) is 0 Å². The molecule has 21 heavy (non-hydrogen) atoms. The molecule has 0 atom stereocenters.